The maximum atomic E-state index is 12.5. The Labute approximate surface area is 131 Å². The predicted molar refractivity (Wildman–Crippen MR) is 86.1 cm³/mol. The molecule has 0 bridgehead atoms. The van der Waals surface area contributed by atoms with Crippen LogP contribution in [0.1, 0.15) is 54.1 Å². The molecule has 0 radical (unpaired) electrons. The second kappa shape index (κ2) is 7.91. The number of sulfonamides is 1. The Morgan fingerprint density at radius 2 is 1.76 bits per heavy atom. The number of nitrogens with zero attached hydrogens (tertiary/aromatic N) is 1. The van der Waals surface area contributed by atoms with Crippen LogP contribution in [0.5, 0.6) is 0 Å². The highest BCUT2D eigenvalue weighted by Gasteiger charge is 2.22. The monoisotopic (exact) mass is 332 g/mol. The van der Waals surface area contributed by atoms with E-state index in [9.17, 15) is 13.2 Å². The first-order chi connectivity index (χ1) is 9.81. The van der Waals surface area contributed by atoms with Crippen molar-refractivity contribution in [3.8, 4) is 0 Å². The zero-order valence-electron chi connectivity index (χ0n) is 12.9. The fourth-order valence-electron chi connectivity index (χ4n) is 2.02. The SMILES string of the molecule is CCCCN(CCCC)C(=O)c1cc(S(N)(=O)=O)c(C)s1. The van der Waals surface area contributed by atoms with Crippen molar-refractivity contribution in [1.82, 2.24) is 4.90 Å². The Kier molecular flexibility index (Phi) is 6.83. The molecule has 1 aromatic rings. The Balaban J connectivity index is 2.98. The van der Waals surface area contributed by atoms with E-state index < -0.39 is 10.0 Å². The van der Waals surface area contributed by atoms with Gasteiger partial charge < -0.3 is 4.90 Å². The number of unbranched alkanes of at least 4 members (excludes halogenated alkanes) is 2. The Morgan fingerprint density at radius 3 is 2.14 bits per heavy atom. The summed E-state index contributed by atoms with van der Waals surface area (Å²) >= 11 is 1.19. The zero-order valence-corrected chi connectivity index (χ0v) is 14.5. The quantitative estimate of drug-likeness (QED) is 0.795. The summed E-state index contributed by atoms with van der Waals surface area (Å²) in [6.07, 6.45) is 3.92. The molecule has 0 unspecified atom stereocenters. The molecule has 0 fully saturated rings. The van der Waals surface area contributed by atoms with Crippen molar-refractivity contribution >= 4 is 27.3 Å². The van der Waals surface area contributed by atoms with Crippen LogP contribution in [-0.4, -0.2) is 32.3 Å². The third-order valence-corrected chi connectivity index (χ3v) is 5.44. The van der Waals surface area contributed by atoms with Crippen molar-refractivity contribution in [2.75, 3.05) is 13.1 Å². The lowest BCUT2D eigenvalue weighted by atomic mass is 10.2. The Hall–Kier alpha value is -0.920. The van der Waals surface area contributed by atoms with Gasteiger partial charge in [-0.3, -0.25) is 4.79 Å². The summed E-state index contributed by atoms with van der Waals surface area (Å²) in [5.74, 6) is -0.0973. The Bertz CT molecular complexity index is 571. The van der Waals surface area contributed by atoms with Gasteiger partial charge in [-0.2, -0.15) is 0 Å². The van der Waals surface area contributed by atoms with Gasteiger partial charge in [0.2, 0.25) is 10.0 Å². The fraction of sp³-hybridized carbons (Fsp3) is 0.643. The number of hydrogen-bond donors (Lipinski definition) is 1. The summed E-state index contributed by atoms with van der Waals surface area (Å²) < 4.78 is 22.9. The maximum Gasteiger partial charge on any atom is 0.263 e. The van der Waals surface area contributed by atoms with Crippen LogP contribution in [0.15, 0.2) is 11.0 Å². The molecule has 0 saturated carbocycles. The van der Waals surface area contributed by atoms with Gasteiger partial charge in [-0.05, 0) is 25.8 Å². The van der Waals surface area contributed by atoms with Crippen molar-refractivity contribution in [2.45, 2.75) is 51.3 Å². The number of amides is 1. The van der Waals surface area contributed by atoms with Gasteiger partial charge in [-0.25, -0.2) is 13.6 Å². The lowest BCUT2D eigenvalue weighted by Crippen LogP contribution is -2.32. The number of carbonyl (C=O) groups excluding carboxylic acids is 1. The zero-order chi connectivity index (χ0) is 16.0. The van der Waals surface area contributed by atoms with E-state index in [1.807, 2.05) is 4.90 Å². The smallest absolute Gasteiger partial charge is 0.263 e. The van der Waals surface area contributed by atoms with E-state index in [0.29, 0.717) is 22.8 Å². The lowest BCUT2D eigenvalue weighted by molar-refractivity contribution is 0.0756. The van der Waals surface area contributed by atoms with E-state index in [1.54, 1.807) is 6.92 Å². The van der Waals surface area contributed by atoms with Gasteiger partial charge in [0.1, 0.15) is 0 Å². The van der Waals surface area contributed by atoms with Crippen LogP contribution in [0.4, 0.5) is 0 Å². The molecule has 0 aliphatic carbocycles. The number of hydrogen-bond acceptors (Lipinski definition) is 4. The van der Waals surface area contributed by atoms with Crippen LogP contribution in [0, 0.1) is 6.92 Å². The minimum absolute atomic E-state index is 0.0572. The van der Waals surface area contributed by atoms with Gasteiger partial charge in [0.25, 0.3) is 5.91 Å². The molecule has 5 nitrogen and oxygen atoms in total. The minimum atomic E-state index is -3.77. The minimum Gasteiger partial charge on any atom is -0.338 e. The highest BCUT2D eigenvalue weighted by molar-refractivity contribution is 7.89. The van der Waals surface area contributed by atoms with E-state index in [4.69, 9.17) is 5.14 Å². The van der Waals surface area contributed by atoms with Gasteiger partial charge in [-0.15, -0.1) is 11.3 Å². The molecule has 0 aliphatic heterocycles. The summed E-state index contributed by atoms with van der Waals surface area (Å²) in [5, 5.41) is 5.16. The van der Waals surface area contributed by atoms with E-state index in [1.165, 1.54) is 17.4 Å². The first-order valence-electron chi connectivity index (χ1n) is 7.23. The standard InChI is InChI=1S/C14H24N2O3S2/c1-4-6-8-16(9-7-5-2)14(17)12-10-13(11(3)20-12)21(15,18)19/h10H,4-9H2,1-3H3,(H2,15,18,19). The van der Waals surface area contributed by atoms with Crippen molar-refractivity contribution in [3.05, 3.63) is 15.8 Å². The van der Waals surface area contributed by atoms with Crippen LogP contribution in [0.2, 0.25) is 0 Å². The van der Waals surface area contributed by atoms with E-state index in [-0.39, 0.29) is 10.8 Å². The molecule has 0 saturated heterocycles. The van der Waals surface area contributed by atoms with E-state index in [2.05, 4.69) is 13.8 Å². The number of rotatable bonds is 8. The summed E-state index contributed by atoms with van der Waals surface area (Å²) in [6, 6.07) is 1.41. The van der Waals surface area contributed by atoms with Gasteiger partial charge in [0.05, 0.1) is 9.77 Å². The largest absolute Gasteiger partial charge is 0.338 e. The van der Waals surface area contributed by atoms with Gasteiger partial charge in [0, 0.05) is 18.0 Å². The molecule has 0 aliphatic rings. The van der Waals surface area contributed by atoms with Crippen molar-refractivity contribution in [1.29, 1.82) is 0 Å². The fourth-order valence-corrected chi connectivity index (χ4v) is 4.14. The average Bonchev–Trinajstić information content (AvgIpc) is 2.80. The van der Waals surface area contributed by atoms with Crippen molar-refractivity contribution < 1.29 is 13.2 Å². The number of nitrogens with two attached hydrogens (primary N) is 1. The molecule has 1 aromatic heterocycles. The number of carbonyl (C=O) groups is 1. The molecule has 120 valence electrons. The third kappa shape index (κ3) is 5.09. The van der Waals surface area contributed by atoms with Crippen LogP contribution in [0.3, 0.4) is 0 Å². The number of aryl methyl sites for hydroxylation is 1. The molecule has 1 heterocycles. The predicted octanol–water partition coefficient (Wildman–Crippen LogP) is 2.75. The van der Waals surface area contributed by atoms with Crippen molar-refractivity contribution in [2.24, 2.45) is 5.14 Å². The second-order valence-electron chi connectivity index (χ2n) is 5.08. The first kappa shape index (κ1) is 18.1. The molecule has 0 aromatic carbocycles. The van der Waals surface area contributed by atoms with Gasteiger partial charge in [-0.1, -0.05) is 26.7 Å². The molecule has 7 heteroatoms. The first-order valence-corrected chi connectivity index (χ1v) is 9.60. The van der Waals surface area contributed by atoms with E-state index in [0.717, 1.165) is 25.7 Å². The van der Waals surface area contributed by atoms with Crippen LogP contribution in [-0.2, 0) is 10.0 Å². The highest BCUT2D eigenvalue weighted by Crippen LogP contribution is 2.26. The summed E-state index contributed by atoms with van der Waals surface area (Å²) in [5.41, 5.74) is 0. The molecular formula is C14H24N2O3S2. The van der Waals surface area contributed by atoms with Gasteiger partial charge >= 0.3 is 0 Å². The molecule has 21 heavy (non-hydrogen) atoms. The summed E-state index contributed by atoms with van der Waals surface area (Å²) in [6.45, 7) is 7.24. The molecule has 0 atom stereocenters. The normalized spacial score (nSPS) is 11.6. The van der Waals surface area contributed by atoms with E-state index >= 15 is 0 Å². The third-order valence-electron chi connectivity index (χ3n) is 3.24. The summed E-state index contributed by atoms with van der Waals surface area (Å²) in [7, 11) is -3.77. The van der Waals surface area contributed by atoms with Crippen LogP contribution in [0.25, 0.3) is 0 Å². The summed E-state index contributed by atoms with van der Waals surface area (Å²) in [4.78, 5) is 15.4. The second-order valence-corrected chi connectivity index (χ2v) is 7.86. The molecule has 1 amide bonds. The van der Waals surface area contributed by atoms with Crippen LogP contribution >= 0.6 is 11.3 Å². The number of primary sulfonamides is 1. The molecule has 0 spiro atoms. The molecule has 2 N–H and O–H groups in total. The maximum absolute atomic E-state index is 12.5. The van der Waals surface area contributed by atoms with Gasteiger partial charge in [0.15, 0.2) is 0 Å². The topological polar surface area (TPSA) is 80.5 Å². The van der Waals surface area contributed by atoms with Crippen molar-refractivity contribution in [3.63, 3.8) is 0 Å². The molecule has 1 rings (SSSR count). The highest BCUT2D eigenvalue weighted by atomic mass is 32.2. The Morgan fingerprint density at radius 1 is 1.24 bits per heavy atom. The average molecular weight is 332 g/mol. The lowest BCUT2D eigenvalue weighted by Gasteiger charge is -2.21. The van der Waals surface area contributed by atoms with Crippen LogP contribution < -0.4 is 5.14 Å². The molecular weight excluding hydrogens is 308 g/mol. The number of thiophene rings is 1.